The van der Waals surface area contributed by atoms with E-state index in [9.17, 15) is 31.1 Å². The first-order valence-electron chi connectivity index (χ1n) is 12.9. The Kier molecular flexibility index (Phi) is 7.83. The first-order valence-corrected chi connectivity index (χ1v) is 12.9. The molecule has 4 aromatic rings. The predicted octanol–water partition coefficient (Wildman–Crippen LogP) is 5.40. The summed E-state index contributed by atoms with van der Waals surface area (Å²) in [5.74, 6) is 0. The third-order valence-corrected chi connectivity index (χ3v) is 7.26. The largest absolute Gasteiger partial charge is 0.416 e. The Morgan fingerprint density at radius 2 is 1.55 bits per heavy atom. The number of benzene rings is 2. The summed E-state index contributed by atoms with van der Waals surface area (Å²) >= 11 is 0. The molecule has 2 N–H and O–H groups in total. The molecule has 0 radical (unpaired) electrons. The van der Waals surface area contributed by atoms with Crippen molar-refractivity contribution < 1.29 is 31.1 Å². The molecule has 40 heavy (non-hydrogen) atoms. The summed E-state index contributed by atoms with van der Waals surface area (Å²) < 4.78 is 87.4. The molecule has 3 heterocycles. The van der Waals surface area contributed by atoms with Gasteiger partial charge < -0.3 is 14.7 Å². The van der Waals surface area contributed by atoms with Gasteiger partial charge in [0.15, 0.2) is 0 Å². The second-order valence-corrected chi connectivity index (χ2v) is 9.91. The van der Waals surface area contributed by atoms with E-state index >= 15 is 0 Å². The number of imidazole rings is 1. The molecule has 0 unspecified atom stereocenters. The number of fused-ring (bicyclic) bond motifs is 1. The Morgan fingerprint density at radius 3 is 2.23 bits per heavy atom. The molecule has 5 rings (SSSR count). The molecule has 0 atom stereocenters. The smallest absolute Gasteiger partial charge is 0.379 e. The summed E-state index contributed by atoms with van der Waals surface area (Å²) in [5, 5.41) is 0.961. The zero-order chi connectivity index (χ0) is 28.5. The van der Waals surface area contributed by atoms with Crippen molar-refractivity contribution in [2.24, 2.45) is 0 Å². The standard InChI is InChI=1S/C28H28F6N4O2/c29-27(30,31)20-13-18(14-21(16-20)28(32,33)34)5-6-25-24(15-19-17-35-23-4-2-1-3-22(19)23)36-26(39)38(25)8-7-37-9-11-40-12-10-37/h1-4,13-14,16-17,35H,5-12,15H2,(H,36,39). The number of aromatic nitrogens is 3. The highest BCUT2D eigenvalue weighted by atomic mass is 19.4. The van der Waals surface area contributed by atoms with Crippen molar-refractivity contribution >= 4 is 10.9 Å². The van der Waals surface area contributed by atoms with Gasteiger partial charge in [-0.25, -0.2) is 4.79 Å². The number of morpholine rings is 1. The molecule has 1 saturated heterocycles. The first kappa shape index (κ1) is 28.0. The Bertz CT molecular complexity index is 1490. The van der Waals surface area contributed by atoms with Crippen LogP contribution in [0.3, 0.4) is 0 Å². The van der Waals surface area contributed by atoms with Crippen LogP contribution in [0.15, 0.2) is 53.5 Å². The number of aromatic amines is 2. The lowest BCUT2D eigenvalue weighted by Crippen LogP contribution is -2.39. The maximum Gasteiger partial charge on any atom is 0.416 e. The summed E-state index contributed by atoms with van der Waals surface area (Å²) in [4.78, 5) is 21.3. The Morgan fingerprint density at radius 1 is 0.875 bits per heavy atom. The lowest BCUT2D eigenvalue weighted by Gasteiger charge is -2.26. The van der Waals surface area contributed by atoms with Crippen molar-refractivity contribution in [1.82, 2.24) is 19.4 Å². The number of alkyl halides is 6. The molecule has 0 aliphatic carbocycles. The number of hydrogen-bond donors (Lipinski definition) is 2. The lowest BCUT2D eigenvalue weighted by atomic mass is 9.99. The molecule has 2 aromatic heterocycles. The zero-order valence-corrected chi connectivity index (χ0v) is 21.5. The average Bonchev–Trinajstić information content (AvgIpc) is 3.45. The number of aryl methyl sites for hydroxylation is 1. The van der Waals surface area contributed by atoms with Crippen LogP contribution < -0.4 is 5.69 Å². The van der Waals surface area contributed by atoms with E-state index in [4.69, 9.17) is 4.74 Å². The van der Waals surface area contributed by atoms with Crippen LogP contribution in [-0.2, 0) is 42.9 Å². The minimum Gasteiger partial charge on any atom is -0.379 e. The monoisotopic (exact) mass is 566 g/mol. The van der Waals surface area contributed by atoms with Crippen LogP contribution in [0.1, 0.15) is 33.6 Å². The minimum atomic E-state index is -4.93. The second kappa shape index (κ2) is 11.2. The molecule has 0 bridgehead atoms. The number of rotatable bonds is 8. The van der Waals surface area contributed by atoms with Crippen LogP contribution in [0, 0.1) is 0 Å². The Balaban J connectivity index is 1.47. The molecule has 2 aromatic carbocycles. The van der Waals surface area contributed by atoms with E-state index in [2.05, 4.69) is 14.9 Å². The van der Waals surface area contributed by atoms with E-state index in [1.807, 2.05) is 30.5 Å². The molecule has 214 valence electrons. The maximum atomic E-state index is 13.4. The van der Waals surface area contributed by atoms with Gasteiger partial charge in [0, 0.05) is 61.1 Å². The first-order chi connectivity index (χ1) is 19.0. The molecule has 0 saturated carbocycles. The average molecular weight is 567 g/mol. The van der Waals surface area contributed by atoms with Crippen LogP contribution in [0.25, 0.3) is 10.9 Å². The molecule has 1 aliphatic rings. The van der Waals surface area contributed by atoms with E-state index in [-0.39, 0.29) is 30.2 Å². The summed E-state index contributed by atoms with van der Waals surface area (Å²) in [5.41, 5.74) is -0.195. The highest BCUT2D eigenvalue weighted by molar-refractivity contribution is 5.83. The molecule has 6 nitrogen and oxygen atoms in total. The van der Waals surface area contributed by atoms with Crippen molar-refractivity contribution in [3.05, 3.63) is 92.8 Å². The van der Waals surface area contributed by atoms with Crippen LogP contribution >= 0.6 is 0 Å². The van der Waals surface area contributed by atoms with Crippen molar-refractivity contribution in [3.63, 3.8) is 0 Å². The minimum absolute atomic E-state index is 0.0815. The second-order valence-electron chi connectivity index (χ2n) is 9.91. The molecular formula is C28H28F6N4O2. The molecular weight excluding hydrogens is 538 g/mol. The van der Waals surface area contributed by atoms with Gasteiger partial charge in [-0.2, -0.15) is 26.3 Å². The Labute approximate surface area is 225 Å². The predicted molar refractivity (Wildman–Crippen MR) is 137 cm³/mol. The van der Waals surface area contributed by atoms with Gasteiger partial charge in [0.1, 0.15) is 0 Å². The maximum absolute atomic E-state index is 13.4. The number of nitrogens with zero attached hydrogens (tertiary/aromatic N) is 2. The highest BCUT2D eigenvalue weighted by Crippen LogP contribution is 2.36. The topological polar surface area (TPSA) is 66.0 Å². The number of para-hydroxylation sites is 1. The van der Waals surface area contributed by atoms with Gasteiger partial charge in [0.25, 0.3) is 0 Å². The normalized spacial score (nSPS) is 15.2. The van der Waals surface area contributed by atoms with E-state index in [0.29, 0.717) is 57.2 Å². The SMILES string of the molecule is O=c1[nH]c(Cc2c[nH]c3ccccc23)c(CCc2cc(C(F)(F)F)cc(C(F)(F)F)c2)n1CCN1CCOCC1. The van der Waals surface area contributed by atoms with Crippen LogP contribution in [0.4, 0.5) is 26.3 Å². The molecule has 0 spiro atoms. The van der Waals surface area contributed by atoms with E-state index in [1.165, 1.54) is 0 Å². The van der Waals surface area contributed by atoms with E-state index in [0.717, 1.165) is 28.6 Å². The fourth-order valence-electron chi connectivity index (χ4n) is 5.18. The van der Waals surface area contributed by atoms with Crippen LogP contribution in [0.5, 0.6) is 0 Å². The summed E-state index contributed by atoms with van der Waals surface area (Å²) in [6, 6.07) is 9.26. The van der Waals surface area contributed by atoms with E-state index in [1.54, 1.807) is 4.57 Å². The van der Waals surface area contributed by atoms with Gasteiger partial charge in [0.2, 0.25) is 0 Å². The number of hydrogen-bond acceptors (Lipinski definition) is 3. The Hall–Kier alpha value is -3.51. The van der Waals surface area contributed by atoms with Gasteiger partial charge in [-0.05, 0) is 48.2 Å². The number of nitrogens with one attached hydrogen (secondary N) is 2. The third kappa shape index (κ3) is 6.28. The van der Waals surface area contributed by atoms with Gasteiger partial charge in [0.05, 0.1) is 24.3 Å². The molecule has 1 aliphatic heterocycles. The van der Waals surface area contributed by atoms with Gasteiger partial charge >= 0.3 is 18.0 Å². The van der Waals surface area contributed by atoms with Crippen LogP contribution in [0.2, 0.25) is 0 Å². The zero-order valence-electron chi connectivity index (χ0n) is 21.5. The molecule has 12 heteroatoms. The molecule has 1 fully saturated rings. The summed E-state index contributed by atoms with van der Waals surface area (Å²) in [7, 11) is 0. The van der Waals surface area contributed by atoms with Crippen LogP contribution in [-0.4, -0.2) is 52.3 Å². The molecule has 0 amide bonds. The lowest BCUT2D eigenvalue weighted by molar-refractivity contribution is -0.143. The number of halogens is 6. The van der Waals surface area contributed by atoms with Crippen molar-refractivity contribution in [2.75, 3.05) is 32.8 Å². The summed E-state index contributed by atoms with van der Waals surface area (Å²) in [6.45, 7) is 3.47. The van der Waals surface area contributed by atoms with Crippen molar-refractivity contribution in [3.8, 4) is 0 Å². The highest BCUT2D eigenvalue weighted by Gasteiger charge is 2.37. The fourth-order valence-corrected chi connectivity index (χ4v) is 5.18. The van der Waals surface area contributed by atoms with E-state index < -0.39 is 23.5 Å². The van der Waals surface area contributed by atoms with Gasteiger partial charge in [-0.15, -0.1) is 0 Å². The summed E-state index contributed by atoms with van der Waals surface area (Å²) in [6.07, 6.45) is -7.70. The van der Waals surface area contributed by atoms with Gasteiger partial charge in [-0.1, -0.05) is 18.2 Å². The van der Waals surface area contributed by atoms with Crippen molar-refractivity contribution in [2.45, 2.75) is 38.2 Å². The number of H-pyrrole nitrogens is 2. The number of ether oxygens (including phenoxy) is 1. The fraction of sp³-hybridized carbons (Fsp3) is 0.393. The van der Waals surface area contributed by atoms with Crippen molar-refractivity contribution in [1.29, 1.82) is 0 Å². The quantitative estimate of drug-likeness (QED) is 0.281. The van der Waals surface area contributed by atoms with Gasteiger partial charge in [-0.3, -0.25) is 9.47 Å². The third-order valence-electron chi connectivity index (χ3n) is 7.26.